The zero-order chi connectivity index (χ0) is 13.0. The van der Waals surface area contributed by atoms with Gasteiger partial charge in [0.1, 0.15) is 0 Å². The number of benzene rings is 1. The van der Waals surface area contributed by atoms with Crippen molar-refractivity contribution in [1.82, 2.24) is 9.88 Å². The zero-order valence-electron chi connectivity index (χ0n) is 10.9. The minimum Gasteiger partial charge on any atom is -0.351 e. The Morgan fingerprint density at radius 1 is 1.22 bits per heavy atom. The fraction of sp³-hybridized carbons (Fsp3) is 0.333. The molecule has 96 valence electrons. The Morgan fingerprint density at radius 2 is 1.94 bits per heavy atom. The molecule has 2 aromatic rings. The smallest absolute Gasteiger partial charge is 0.0364 e. The summed E-state index contributed by atoms with van der Waals surface area (Å²) in [6, 6.07) is 13.1. The highest BCUT2D eigenvalue weighted by Crippen LogP contribution is 2.17. The van der Waals surface area contributed by atoms with E-state index in [2.05, 4.69) is 82.3 Å². The van der Waals surface area contributed by atoms with Crippen LogP contribution in [0.2, 0.25) is 0 Å². The van der Waals surface area contributed by atoms with Gasteiger partial charge < -0.3 is 9.88 Å². The van der Waals surface area contributed by atoms with Crippen molar-refractivity contribution in [1.29, 1.82) is 0 Å². The van der Waals surface area contributed by atoms with Gasteiger partial charge in [-0.05, 0) is 43.7 Å². The minimum atomic E-state index is 0.360. The molecule has 0 saturated heterocycles. The highest BCUT2D eigenvalue weighted by Gasteiger charge is 2.06. The summed E-state index contributed by atoms with van der Waals surface area (Å²) in [6.07, 6.45) is 2.13. The van der Waals surface area contributed by atoms with Gasteiger partial charge in [0, 0.05) is 35.5 Å². The molecule has 1 heterocycles. The normalized spacial score (nSPS) is 12.6. The summed E-state index contributed by atoms with van der Waals surface area (Å²) < 4.78 is 3.39. The molecule has 3 heteroatoms. The highest BCUT2D eigenvalue weighted by molar-refractivity contribution is 9.10. The third-order valence-corrected chi connectivity index (χ3v) is 3.75. The predicted octanol–water partition coefficient (Wildman–Crippen LogP) is 4.12. The lowest BCUT2D eigenvalue weighted by Crippen LogP contribution is -2.19. The Bertz CT molecular complexity index is 487. The average molecular weight is 307 g/mol. The number of hydrogen-bond acceptors (Lipinski definition) is 1. The van der Waals surface area contributed by atoms with Gasteiger partial charge in [0.05, 0.1) is 0 Å². The summed E-state index contributed by atoms with van der Waals surface area (Å²) in [5.74, 6) is 0. The van der Waals surface area contributed by atoms with Crippen LogP contribution in [0.3, 0.4) is 0 Å². The van der Waals surface area contributed by atoms with Crippen LogP contribution in [0.4, 0.5) is 0 Å². The van der Waals surface area contributed by atoms with Gasteiger partial charge in [0.25, 0.3) is 0 Å². The van der Waals surface area contributed by atoms with Crippen LogP contribution in [0.25, 0.3) is 0 Å². The number of rotatable bonds is 5. The molecule has 0 radical (unpaired) electrons. The summed E-state index contributed by atoms with van der Waals surface area (Å²) in [5, 5.41) is 3.56. The summed E-state index contributed by atoms with van der Waals surface area (Å²) >= 11 is 3.46. The van der Waals surface area contributed by atoms with Crippen LogP contribution >= 0.6 is 15.9 Å². The molecule has 0 amide bonds. The van der Waals surface area contributed by atoms with Crippen LogP contribution < -0.4 is 5.32 Å². The van der Waals surface area contributed by atoms with E-state index in [4.69, 9.17) is 0 Å². The standard InChI is InChI=1S/C15H19BrN2/c1-3-18-10-4-5-15(18)11-17-12(2)13-6-8-14(16)9-7-13/h4-10,12,17H,3,11H2,1-2H3. The Morgan fingerprint density at radius 3 is 2.61 bits per heavy atom. The number of nitrogens with one attached hydrogen (secondary N) is 1. The molecule has 0 aliphatic heterocycles. The lowest BCUT2D eigenvalue weighted by molar-refractivity contribution is 0.549. The van der Waals surface area contributed by atoms with E-state index in [0.29, 0.717) is 6.04 Å². The lowest BCUT2D eigenvalue weighted by Gasteiger charge is -2.15. The monoisotopic (exact) mass is 306 g/mol. The van der Waals surface area contributed by atoms with E-state index in [0.717, 1.165) is 17.6 Å². The van der Waals surface area contributed by atoms with Gasteiger partial charge in [0.2, 0.25) is 0 Å². The quantitative estimate of drug-likeness (QED) is 0.879. The Balaban J connectivity index is 1.96. The largest absolute Gasteiger partial charge is 0.351 e. The van der Waals surface area contributed by atoms with Crippen molar-refractivity contribution in [2.75, 3.05) is 0 Å². The van der Waals surface area contributed by atoms with Crippen molar-refractivity contribution in [2.24, 2.45) is 0 Å². The van der Waals surface area contributed by atoms with Gasteiger partial charge in [-0.15, -0.1) is 0 Å². The fourth-order valence-electron chi connectivity index (χ4n) is 2.05. The Kier molecular flexibility index (Phi) is 4.61. The first-order chi connectivity index (χ1) is 8.70. The summed E-state index contributed by atoms with van der Waals surface area (Å²) in [7, 11) is 0. The van der Waals surface area contributed by atoms with Gasteiger partial charge in [-0.2, -0.15) is 0 Å². The molecule has 0 fully saturated rings. The van der Waals surface area contributed by atoms with E-state index in [-0.39, 0.29) is 0 Å². The lowest BCUT2D eigenvalue weighted by atomic mass is 10.1. The second-order valence-corrected chi connectivity index (χ2v) is 5.36. The number of hydrogen-bond donors (Lipinski definition) is 1. The van der Waals surface area contributed by atoms with Crippen molar-refractivity contribution in [3.63, 3.8) is 0 Å². The molecule has 1 aromatic carbocycles. The maximum Gasteiger partial charge on any atom is 0.0364 e. The zero-order valence-corrected chi connectivity index (χ0v) is 12.4. The van der Waals surface area contributed by atoms with Gasteiger partial charge in [0.15, 0.2) is 0 Å². The van der Waals surface area contributed by atoms with Gasteiger partial charge in [-0.3, -0.25) is 0 Å². The first-order valence-electron chi connectivity index (χ1n) is 6.33. The molecule has 1 atom stereocenters. The van der Waals surface area contributed by atoms with E-state index in [1.54, 1.807) is 0 Å². The van der Waals surface area contributed by atoms with Gasteiger partial charge >= 0.3 is 0 Å². The molecule has 0 bridgehead atoms. The molecule has 18 heavy (non-hydrogen) atoms. The van der Waals surface area contributed by atoms with E-state index < -0.39 is 0 Å². The second kappa shape index (κ2) is 6.21. The van der Waals surface area contributed by atoms with Crippen LogP contribution in [0, 0.1) is 0 Å². The van der Waals surface area contributed by atoms with Crippen molar-refractivity contribution < 1.29 is 0 Å². The average Bonchev–Trinajstić information content (AvgIpc) is 2.84. The molecule has 0 saturated carbocycles. The molecular formula is C15H19BrN2. The van der Waals surface area contributed by atoms with Crippen molar-refractivity contribution in [3.8, 4) is 0 Å². The molecular weight excluding hydrogens is 288 g/mol. The highest BCUT2D eigenvalue weighted by atomic mass is 79.9. The predicted molar refractivity (Wildman–Crippen MR) is 79.5 cm³/mol. The molecule has 1 aromatic heterocycles. The van der Waals surface area contributed by atoms with Crippen LogP contribution in [0.15, 0.2) is 47.1 Å². The fourth-order valence-corrected chi connectivity index (χ4v) is 2.31. The molecule has 2 rings (SSSR count). The summed E-state index contributed by atoms with van der Waals surface area (Å²) in [5.41, 5.74) is 2.65. The first-order valence-corrected chi connectivity index (χ1v) is 7.13. The third-order valence-electron chi connectivity index (χ3n) is 3.22. The van der Waals surface area contributed by atoms with E-state index in [1.165, 1.54) is 11.3 Å². The number of aryl methyl sites for hydroxylation is 1. The van der Waals surface area contributed by atoms with Crippen LogP contribution in [-0.4, -0.2) is 4.57 Å². The molecule has 0 spiro atoms. The van der Waals surface area contributed by atoms with E-state index in [1.807, 2.05) is 0 Å². The molecule has 2 nitrogen and oxygen atoms in total. The molecule has 1 unspecified atom stereocenters. The van der Waals surface area contributed by atoms with Crippen LogP contribution in [0.5, 0.6) is 0 Å². The number of aromatic nitrogens is 1. The Hall–Kier alpha value is -1.06. The van der Waals surface area contributed by atoms with Crippen molar-refractivity contribution in [2.45, 2.75) is 33.0 Å². The van der Waals surface area contributed by atoms with Crippen molar-refractivity contribution >= 4 is 15.9 Å². The van der Waals surface area contributed by atoms with Gasteiger partial charge in [-0.1, -0.05) is 28.1 Å². The topological polar surface area (TPSA) is 17.0 Å². The van der Waals surface area contributed by atoms with Crippen LogP contribution in [0.1, 0.15) is 31.1 Å². The molecule has 0 aliphatic rings. The third kappa shape index (κ3) is 3.24. The number of nitrogens with zero attached hydrogens (tertiary/aromatic N) is 1. The maximum atomic E-state index is 3.56. The minimum absolute atomic E-state index is 0.360. The summed E-state index contributed by atoms with van der Waals surface area (Å²) in [6.45, 7) is 6.29. The molecule has 0 aliphatic carbocycles. The SMILES string of the molecule is CCn1cccc1CNC(C)c1ccc(Br)cc1. The van der Waals surface area contributed by atoms with Gasteiger partial charge in [-0.25, -0.2) is 0 Å². The molecule has 1 N–H and O–H groups in total. The van der Waals surface area contributed by atoms with Crippen molar-refractivity contribution in [3.05, 3.63) is 58.3 Å². The maximum absolute atomic E-state index is 3.56. The van der Waals surface area contributed by atoms with E-state index in [9.17, 15) is 0 Å². The summed E-state index contributed by atoms with van der Waals surface area (Å²) in [4.78, 5) is 0. The Labute approximate surface area is 117 Å². The second-order valence-electron chi connectivity index (χ2n) is 4.44. The number of halogens is 1. The van der Waals surface area contributed by atoms with E-state index >= 15 is 0 Å². The first kappa shape index (κ1) is 13.4. The van der Waals surface area contributed by atoms with Crippen LogP contribution in [-0.2, 0) is 13.1 Å².